The summed E-state index contributed by atoms with van der Waals surface area (Å²) in [7, 11) is 3.98. The van der Waals surface area contributed by atoms with Crippen molar-refractivity contribution in [3.63, 3.8) is 0 Å². The molecule has 3 aromatic heterocycles. The quantitative estimate of drug-likeness (QED) is 0.708. The first-order valence-corrected chi connectivity index (χ1v) is 6.53. The lowest BCUT2D eigenvalue weighted by Gasteiger charge is -2.13. The lowest BCUT2D eigenvalue weighted by Crippen LogP contribution is -2.09. The molecule has 0 spiro atoms. The minimum absolute atomic E-state index is 0.748. The van der Waals surface area contributed by atoms with E-state index in [9.17, 15) is 0 Å². The molecule has 0 radical (unpaired) electrons. The molecule has 0 fully saturated rings. The number of nitrogens with zero attached hydrogens (tertiary/aromatic N) is 3. The van der Waals surface area contributed by atoms with Gasteiger partial charge in [0.05, 0.1) is 16.3 Å². The average molecular weight is 259 g/mol. The zero-order valence-electron chi connectivity index (χ0n) is 10.5. The molecule has 3 heterocycles. The predicted octanol–water partition coefficient (Wildman–Crippen LogP) is 3.33. The third kappa shape index (κ3) is 1.67. The number of pyridine rings is 1. The molecule has 0 atom stereocenters. The van der Waals surface area contributed by atoms with Gasteiger partial charge in [-0.25, -0.2) is 4.98 Å². The summed E-state index contributed by atoms with van der Waals surface area (Å²) in [4.78, 5) is 7.82. The highest BCUT2D eigenvalue weighted by Crippen LogP contribution is 2.32. The maximum Gasteiger partial charge on any atom is 0.208 e. The van der Waals surface area contributed by atoms with Gasteiger partial charge in [0.1, 0.15) is 11.2 Å². The maximum atomic E-state index is 5.36. The Morgan fingerprint density at radius 3 is 2.83 bits per heavy atom. The fourth-order valence-electron chi connectivity index (χ4n) is 1.90. The zero-order valence-corrected chi connectivity index (χ0v) is 11.3. The van der Waals surface area contributed by atoms with Gasteiger partial charge in [-0.1, -0.05) is 11.2 Å². The highest BCUT2D eigenvalue weighted by Gasteiger charge is 2.15. The van der Waals surface area contributed by atoms with Crippen molar-refractivity contribution in [3.8, 4) is 10.6 Å². The molecule has 0 aliphatic rings. The second-order valence-electron chi connectivity index (χ2n) is 4.34. The van der Waals surface area contributed by atoms with E-state index < -0.39 is 0 Å². The van der Waals surface area contributed by atoms with E-state index in [4.69, 9.17) is 4.52 Å². The number of thiophene rings is 1. The first-order chi connectivity index (χ1) is 8.66. The fourth-order valence-corrected chi connectivity index (χ4v) is 2.58. The van der Waals surface area contributed by atoms with Gasteiger partial charge in [0.15, 0.2) is 0 Å². The van der Waals surface area contributed by atoms with Gasteiger partial charge in [-0.05, 0) is 24.4 Å². The molecule has 0 saturated heterocycles. The van der Waals surface area contributed by atoms with Gasteiger partial charge < -0.3 is 9.42 Å². The number of fused-ring (bicyclic) bond motifs is 1. The van der Waals surface area contributed by atoms with Crippen molar-refractivity contribution in [2.45, 2.75) is 6.92 Å². The van der Waals surface area contributed by atoms with Crippen molar-refractivity contribution in [2.24, 2.45) is 0 Å². The Kier molecular flexibility index (Phi) is 2.56. The van der Waals surface area contributed by atoms with Crippen LogP contribution in [0.15, 0.2) is 28.1 Å². The van der Waals surface area contributed by atoms with E-state index in [1.54, 1.807) is 11.3 Å². The van der Waals surface area contributed by atoms with E-state index in [2.05, 4.69) is 21.6 Å². The van der Waals surface area contributed by atoms with Crippen LogP contribution in [0.3, 0.4) is 0 Å². The molecule has 0 N–H and O–H groups in total. The van der Waals surface area contributed by atoms with Crippen LogP contribution in [-0.2, 0) is 0 Å². The van der Waals surface area contributed by atoms with Gasteiger partial charge in [-0.2, -0.15) is 0 Å². The van der Waals surface area contributed by atoms with Crippen LogP contribution >= 0.6 is 11.3 Å². The van der Waals surface area contributed by atoms with E-state index in [0.717, 1.165) is 33.1 Å². The topological polar surface area (TPSA) is 42.2 Å². The normalized spacial score (nSPS) is 11.1. The molecule has 0 unspecified atom stereocenters. The molecule has 18 heavy (non-hydrogen) atoms. The van der Waals surface area contributed by atoms with Crippen molar-refractivity contribution >= 4 is 28.1 Å². The standard InChI is InChI=1S/C13H13N3OS/c1-8-12-13(17-15-8)10(16(2)3)7-9(14-12)11-5-4-6-18-11/h4-7H,1-3H3. The lowest BCUT2D eigenvalue weighted by molar-refractivity contribution is 0.450. The van der Waals surface area contributed by atoms with Gasteiger partial charge in [0.2, 0.25) is 5.58 Å². The van der Waals surface area contributed by atoms with E-state index in [0.29, 0.717) is 0 Å². The van der Waals surface area contributed by atoms with E-state index in [-0.39, 0.29) is 0 Å². The molecule has 0 saturated carbocycles. The van der Waals surface area contributed by atoms with Crippen LogP contribution in [0.5, 0.6) is 0 Å². The summed E-state index contributed by atoms with van der Waals surface area (Å²) in [5.41, 5.74) is 4.38. The third-order valence-electron chi connectivity index (χ3n) is 2.83. The molecule has 0 aliphatic carbocycles. The fraction of sp³-hybridized carbons (Fsp3) is 0.231. The summed E-state index contributed by atoms with van der Waals surface area (Å²) >= 11 is 1.68. The molecule has 3 rings (SSSR count). The Bertz CT molecular complexity index is 686. The van der Waals surface area contributed by atoms with Crippen molar-refractivity contribution in [2.75, 3.05) is 19.0 Å². The zero-order chi connectivity index (χ0) is 12.7. The Morgan fingerprint density at radius 1 is 1.33 bits per heavy atom. The second-order valence-corrected chi connectivity index (χ2v) is 5.29. The van der Waals surface area contributed by atoms with Crippen molar-refractivity contribution in [3.05, 3.63) is 29.3 Å². The first-order valence-electron chi connectivity index (χ1n) is 5.65. The highest BCUT2D eigenvalue weighted by molar-refractivity contribution is 7.13. The van der Waals surface area contributed by atoms with Gasteiger partial charge >= 0.3 is 0 Å². The van der Waals surface area contributed by atoms with Crippen LogP contribution in [0.1, 0.15) is 5.69 Å². The molecule has 0 aliphatic heterocycles. The maximum absolute atomic E-state index is 5.36. The Hall–Kier alpha value is -1.88. The van der Waals surface area contributed by atoms with Crippen LogP contribution in [0.25, 0.3) is 21.7 Å². The molecule has 92 valence electrons. The van der Waals surface area contributed by atoms with Gasteiger partial charge in [-0.3, -0.25) is 0 Å². The SMILES string of the molecule is Cc1noc2c(N(C)C)cc(-c3cccs3)nc12. The predicted molar refractivity (Wildman–Crippen MR) is 74.2 cm³/mol. The number of hydrogen-bond acceptors (Lipinski definition) is 5. The van der Waals surface area contributed by atoms with Crippen LogP contribution in [0.4, 0.5) is 5.69 Å². The van der Waals surface area contributed by atoms with Crippen LogP contribution in [0, 0.1) is 6.92 Å². The summed E-state index contributed by atoms with van der Waals surface area (Å²) in [6, 6.07) is 6.14. The summed E-state index contributed by atoms with van der Waals surface area (Å²) in [5.74, 6) is 0. The van der Waals surface area contributed by atoms with E-state index in [1.165, 1.54) is 0 Å². The molecule has 0 aromatic carbocycles. The minimum atomic E-state index is 0.748. The first kappa shape index (κ1) is 11.2. The third-order valence-corrected chi connectivity index (χ3v) is 3.72. The Morgan fingerprint density at radius 2 is 2.17 bits per heavy atom. The monoisotopic (exact) mass is 259 g/mol. The summed E-state index contributed by atoms with van der Waals surface area (Å²) < 4.78 is 5.36. The number of aryl methyl sites for hydroxylation is 1. The highest BCUT2D eigenvalue weighted by atomic mass is 32.1. The Balaban J connectivity index is 2.32. The molecular formula is C13H13N3OS. The second kappa shape index (κ2) is 4.10. The van der Waals surface area contributed by atoms with Gasteiger partial charge in [-0.15, -0.1) is 11.3 Å². The van der Waals surface area contributed by atoms with Gasteiger partial charge in [0.25, 0.3) is 0 Å². The van der Waals surface area contributed by atoms with Crippen LogP contribution in [-0.4, -0.2) is 24.2 Å². The Labute approximate surface area is 109 Å². The number of rotatable bonds is 2. The molecule has 0 bridgehead atoms. The van der Waals surface area contributed by atoms with E-state index in [1.807, 2.05) is 38.1 Å². The van der Waals surface area contributed by atoms with Crippen molar-refractivity contribution < 1.29 is 4.52 Å². The lowest BCUT2D eigenvalue weighted by atomic mass is 10.2. The van der Waals surface area contributed by atoms with Crippen LogP contribution in [0.2, 0.25) is 0 Å². The van der Waals surface area contributed by atoms with Crippen LogP contribution < -0.4 is 4.90 Å². The molecular weight excluding hydrogens is 246 g/mol. The summed E-state index contributed by atoms with van der Waals surface area (Å²) in [6.07, 6.45) is 0. The number of aromatic nitrogens is 2. The molecule has 0 amide bonds. The smallest absolute Gasteiger partial charge is 0.208 e. The molecule has 5 heteroatoms. The minimum Gasteiger partial charge on any atom is -0.374 e. The van der Waals surface area contributed by atoms with E-state index >= 15 is 0 Å². The molecule has 4 nitrogen and oxygen atoms in total. The molecule has 3 aromatic rings. The van der Waals surface area contributed by atoms with Gasteiger partial charge in [0, 0.05) is 14.1 Å². The summed E-state index contributed by atoms with van der Waals surface area (Å²) in [5, 5.41) is 6.05. The van der Waals surface area contributed by atoms with Crippen molar-refractivity contribution in [1.29, 1.82) is 0 Å². The average Bonchev–Trinajstić information content (AvgIpc) is 2.98. The number of hydrogen-bond donors (Lipinski definition) is 0. The van der Waals surface area contributed by atoms with Crippen molar-refractivity contribution in [1.82, 2.24) is 10.1 Å². The largest absolute Gasteiger partial charge is 0.374 e. The number of anilines is 1. The summed E-state index contributed by atoms with van der Waals surface area (Å²) in [6.45, 7) is 1.91.